The maximum atomic E-state index is 12.8. The van der Waals surface area contributed by atoms with Gasteiger partial charge in [-0.3, -0.25) is 4.98 Å². The number of piperazine rings is 1. The number of pyridine rings is 2. The number of methoxy groups -OCH3 is 1. The van der Waals surface area contributed by atoms with E-state index in [0.29, 0.717) is 52.5 Å². The number of aromatic nitrogens is 4. The fraction of sp³-hybridized carbons (Fsp3) is 0.440. The highest BCUT2D eigenvalue weighted by Crippen LogP contribution is 2.37. The molecule has 0 spiro atoms. The summed E-state index contributed by atoms with van der Waals surface area (Å²) in [7, 11) is 1.55. The van der Waals surface area contributed by atoms with E-state index in [1.807, 2.05) is 34.6 Å². The monoisotopic (exact) mass is 475 g/mol. The van der Waals surface area contributed by atoms with Crippen molar-refractivity contribution in [3.8, 4) is 23.2 Å². The molecule has 3 aromatic rings. The van der Waals surface area contributed by atoms with Crippen LogP contribution in [0.1, 0.15) is 40.2 Å². The number of hydrogen-bond acceptors (Lipinski definition) is 9. The van der Waals surface area contributed by atoms with Crippen molar-refractivity contribution in [1.82, 2.24) is 24.8 Å². The zero-order valence-electron chi connectivity index (χ0n) is 20.8. The summed E-state index contributed by atoms with van der Waals surface area (Å²) in [6, 6.07) is 5.33. The molecule has 4 rings (SSSR count). The molecule has 1 amide bonds. The fourth-order valence-corrected chi connectivity index (χ4v) is 4.23. The first kappa shape index (κ1) is 24.1. The van der Waals surface area contributed by atoms with Crippen molar-refractivity contribution in [2.45, 2.75) is 52.3 Å². The van der Waals surface area contributed by atoms with Crippen LogP contribution in [0, 0.1) is 11.3 Å². The third-order valence-electron chi connectivity index (χ3n) is 5.85. The van der Waals surface area contributed by atoms with Gasteiger partial charge in [-0.05, 0) is 46.8 Å². The Morgan fingerprint density at radius 2 is 1.91 bits per heavy atom. The number of amides is 1. The van der Waals surface area contributed by atoms with Gasteiger partial charge in [-0.15, -0.1) is 0 Å². The van der Waals surface area contributed by atoms with E-state index < -0.39 is 5.60 Å². The maximum absolute atomic E-state index is 12.8. The van der Waals surface area contributed by atoms with Crippen molar-refractivity contribution < 1.29 is 14.3 Å². The molecule has 1 aliphatic rings. The average Bonchev–Trinajstić information content (AvgIpc) is 2.83. The first-order valence-corrected chi connectivity index (χ1v) is 11.4. The van der Waals surface area contributed by atoms with Crippen molar-refractivity contribution >= 4 is 22.8 Å². The summed E-state index contributed by atoms with van der Waals surface area (Å²) in [5.74, 6) is 1.06. The van der Waals surface area contributed by atoms with Gasteiger partial charge in [0.05, 0.1) is 30.0 Å². The molecule has 0 bridgehead atoms. The number of hydrogen-bond donors (Lipinski definition) is 0. The average molecular weight is 476 g/mol. The minimum absolute atomic E-state index is 0.0507. The largest absolute Gasteiger partial charge is 0.480 e. The molecular weight excluding hydrogens is 446 g/mol. The molecule has 10 heteroatoms. The Hall–Kier alpha value is -4.00. The minimum atomic E-state index is -0.563. The smallest absolute Gasteiger partial charge is 0.410 e. The molecule has 3 aromatic heterocycles. The van der Waals surface area contributed by atoms with Crippen molar-refractivity contribution in [2.24, 2.45) is 0 Å². The summed E-state index contributed by atoms with van der Waals surface area (Å²) < 4.78 is 11.2. The van der Waals surface area contributed by atoms with Gasteiger partial charge >= 0.3 is 6.09 Å². The number of nitrogens with zero attached hydrogens (tertiary/aromatic N) is 7. The van der Waals surface area contributed by atoms with Crippen LogP contribution in [0.15, 0.2) is 30.9 Å². The Bertz CT molecular complexity index is 1300. The maximum Gasteiger partial charge on any atom is 0.410 e. The Morgan fingerprint density at radius 3 is 2.60 bits per heavy atom. The number of fused-ring (bicyclic) bond motifs is 1. The lowest BCUT2D eigenvalue weighted by atomic mass is 10.1. The zero-order valence-corrected chi connectivity index (χ0v) is 20.8. The molecule has 0 radical (unpaired) electrons. The summed E-state index contributed by atoms with van der Waals surface area (Å²) in [4.78, 5) is 34.8. The fourth-order valence-electron chi connectivity index (χ4n) is 4.23. The van der Waals surface area contributed by atoms with Crippen molar-refractivity contribution in [1.29, 1.82) is 5.26 Å². The van der Waals surface area contributed by atoms with Crippen molar-refractivity contribution in [2.75, 3.05) is 25.1 Å². The van der Waals surface area contributed by atoms with Gasteiger partial charge < -0.3 is 19.3 Å². The molecule has 2 atom stereocenters. The highest BCUT2D eigenvalue weighted by molar-refractivity contribution is 6.01. The molecule has 0 N–H and O–H groups in total. The summed E-state index contributed by atoms with van der Waals surface area (Å²) in [5.41, 5.74) is 1.82. The molecule has 1 fully saturated rings. The standard InChI is InChI=1S/C25H29N7O3/c1-15-13-32(24(33)35-25(3,4)5)16(2)12-31(15)22-20-21(29-14-30-22)18(11-28-23(20)34-6)19-9-17(10-26)7-8-27-19/h7-9,11,14-16H,12-13H2,1-6H3/t15-,16+/m0/s1. The van der Waals surface area contributed by atoms with Crippen LogP contribution in [-0.4, -0.2) is 68.8 Å². The summed E-state index contributed by atoms with van der Waals surface area (Å²) in [5, 5.41) is 9.97. The van der Waals surface area contributed by atoms with Gasteiger partial charge in [0, 0.05) is 43.1 Å². The summed E-state index contributed by atoms with van der Waals surface area (Å²) in [6.45, 7) is 10.6. The van der Waals surface area contributed by atoms with Gasteiger partial charge in [-0.25, -0.2) is 19.7 Å². The predicted octanol–water partition coefficient (Wildman–Crippen LogP) is 3.80. The topological polar surface area (TPSA) is 117 Å². The molecule has 35 heavy (non-hydrogen) atoms. The normalized spacial score (nSPS) is 18.3. The number of anilines is 1. The minimum Gasteiger partial charge on any atom is -0.480 e. The van der Waals surface area contributed by atoms with Crippen LogP contribution in [0.4, 0.5) is 10.6 Å². The molecule has 1 saturated heterocycles. The Balaban J connectivity index is 1.76. The van der Waals surface area contributed by atoms with Gasteiger partial charge in [0.25, 0.3) is 0 Å². The van der Waals surface area contributed by atoms with Gasteiger partial charge in [-0.1, -0.05) is 0 Å². The molecular formula is C25H29N7O3. The predicted molar refractivity (Wildman–Crippen MR) is 131 cm³/mol. The van der Waals surface area contributed by atoms with Crippen LogP contribution in [0.3, 0.4) is 0 Å². The lowest BCUT2D eigenvalue weighted by Crippen LogP contribution is -2.59. The second kappa shape index (κ2) is 9.33. The number of nitriles is 1. The van der Waals surface area contributed by atoms with Gasteiger partial charge in [0.15, 0.2) is 0 Å². The van der Waals surface area contributed by atoms with E-state index in [1.54, 1.807) is 36.5 Å². The number of carbonyl (C=O) groups excluding carboxylic acids is 1. The van der Waals surface area contributed by atoms with Crippen LogP contribution in [0.5, 0.6) is 5.88 Å². The molecule has 1 aliphatic heterocycles. The van der Waals surface area contributed by atoms with Crippen molar-refractivity contribution in [3.63, 3.8) is 0 Å². The number of ether oxygens (including phenoxy) is 2. The summed E-state index contributed by atoms with van der Waals surface area (Å²) in [6.07, 6.45) is 4.42. The van der Waals surface area contributed by atoms with Crippen LogP contribution < -0.4 is 9.64 Å². The van der Waals surface area contributed by atoms with Crippen LogP contribution in [0.25, 0.3) is 22.2 Å². The van der Waals surface area contributed by atoms with Crippen LogP contribution in [0.2, 0.25) is 0 Å². The van der Waals surface area contributed by atoms with E-state index >= 15 is 0 Å². The number of rotatable bonds is 3. The highest BCUT2D eigenvalue weighted by atomic mass is 16.6. The van der Waals surface area contributed by atoms with E-state index in [-0.39, 0.29) is 18.2 Å². The second-order valence-corrected chi connectivity index (χ2v) is 9.63. The van der Waals surface area contributed by atoms with Crippen LogP contribution in [-0.2, 0) is 4.74 Å². The van der Waals surface area contributed by atoms with Gasteiger partial charge in [0.2, 0.25) is 5.88 Å². The lowest BCUT2D eigenvalue weighted by Gasteiger charge is -2.44. The Morgan fingerprint density at radius 1 is 1.14 bits per heavy atom. The number of carbonyl (C=O) groups is 1. The molecule has 0 aromatic carbocycles. The molecule has 182 valence electrons. The van der Waals surface area contributed by atoms with Crippen molar-refractivity contribution in [3.05, 3.63) is 36.4 Å². The molecule has 0 aliphatic carbocycles. The second-order valence-electron chi connectivity index (χ2n) is 9.63. The van der Waals surface area contributed by atoms with E-state index in [1.165, 1.54) is 6.33 Å². The molecule has 0 saturated carbocycles. The highest BCUT2D eigenvalue weighted by Gasteiger charge is 2.36. The Labute approximate surface area is 204 Å². The summed E-state index contributed by atoms with van der Waals surface area (Å²) >= 11 is 0. The molecule has 10 nitrogen and oxygen atoms in total. The van der Waals surface area contributed by atoms with Gasteiger partial charge in [0.1, 0.15) is 23.1 Å². The van der Waals surface area contributed by atoms with E-state index in [4.69, 9.17) is 9.47 Å². The van der Waals surface area contributed by atoms with Crippen LogP contribution >= 0.6 is 0 Å². The lowest BCUT2D eigenvalue weighted by molar-refractivity contribution is 0.0130. The quantitative estimate of drug-likeness (QED) is 0.557. The first-order chi connectivity index (χ1) is 16.6. The van der Waals surface area contributed by atoms with Gasteiger partial charge in [-0.2, -0.15) is 5.26 Å². The van der Waals surface area contributed by atoms with E-state index in [9.17, 15) is 10.1 Å². The third-order valence-corrected chi connectivity index (χ3v) is 5.85. The first-order valence-electron chi connectivity index (χ1n) is 11.4. The zero-order chi connectivity index (χ0) is 25.3. The molecule has 4 heterocycles. The SMILES string of the molecule is COc1ncc(-c2cc(C#N)ccn2)c2ncnc(N3C[C@@H](C)N(C(=O)OC(C)(C)C)C[C@@H]3C)c12. The van der Waals surface area contributed by atoms with E-state index in [2.05, 4.69) is 30.9 Å². The Kier molecular flexibility index (Phi) is 6.43. The van der Waals surface area contributed by atoms with E-state index in [0.717, 1.165) is 0 Å². The molecule has 0 unspecified atom stereocenters. The third kappa shape index (κ3) is 4.80.